The molecule has 0 fully saturated rings. The van der Waals surface area contributed by atoms with Crippen molar-refractivity contribution in [1.29, 1.82) is 0 Å². The van der Waals surface area contributed by atoms with Gasteiger partial charge in [-0.1, -0.05) is 12.1 Å². The minimum Gasteiger partial charge on any atom is -0.497 e. The molecule has 32 heavy (non-hydrogen) atoms. The van der Waals surface area contributed by atoms with Gasteiger partial charge in [0.15, 0.2) is 11.5 Å². The molecule has 0 aliphatic heterocycles. The smallest absolute Gasteiger partial charge is 0.161 e. The number of methoxy groups -OCH3 is 5. The topological polar surface area (TPSA) is 46.2 Å². The first-order chi connectivity index (χ1) is 15.6. The fourth-order valence-electron chi connectivity index (χ4n) is 3.79. The Kier molecular flexibility index (Phi) is 8.26. The molecular formula is C27H32O5. The molecule has 3 rings (SSSR count). The molecule has 0 radical (unpaired) electrons. The second-order valence-corrected chi connectivity index (χ2v) is 7.54. The molecule has 0 aliphatic rings. The first-order valence-corrected chi connectivity index (χ1v) is 10.7. The molecule has 5 heteroatoms. The van der Waals surface area contributed by atoms with Gasteiger partial charge in [0.1, 0.15) is 17.2 Å². The maximum atomic E-state index is 5.57. The van der Waals surface area contributed by atoms with Crippen molar-refractivity contribution in [2.24, 2.45) is 0 Å². The summed E-state index contributed by atoms with van der Waals surface area (Å²) in [5.41, 5.74) is 4.94. The maximum absolute atomic E-state index is 5.57. The average molecular weight is 437 g/mol. The van der Waals surface area contributed by atoms with E-state index in [0.29, 0.717) is 0 Å². The molecule has 0 N–H and O–H groups in total. The van der Waals surface area contributed by atoms with E-state index in [1.54, 1.807) is 35.5 Å². The molecule has 0 atom stereocenters. The van der Waals surface area contributed by atoms with Crippen molar-refractivity contribution in [2.75, 3.05) is 35.5 Å². The monoisotopic (exact) mass is 436 g/mol. The van der Waals surface area contributed by atoms with Crippen LogP contribution < -0.4 is 23.7 Å². The van der Waals surface area contributed by atoms with Gasteiger partial charge in [0, 0.05) is 6.07 Å². The zero-order valence-electron chi connectivity index (χ0n) is 19.6. The van der Waals surface area contributed by atoms with E-state index in [2.05, 4.69) is 36.4 Å². The van der Waals surface area contributed by atoms with E-state index in [1.807, 2.05) is 18.2 Å². The highest BCUT2D eigenvalue weighted by Gasteiger charge is 2.13. The summed E-state index contributed by atoms with van der Waals surface area (Å²) >= 11 is 0. The van der Waals surface area contributed by atoms with Gasteiger partial charge in [-0.15, -0.1) is 0 Å². The van der Waals surface area contributed by atoms with Crippen LogP contribution in [0.1, 0.15) is 22.3 Å². The predicted molar refractivity (Wildman–Crippen MR) is 127 cm³/mol. The van der Waals surface area contributed by atoms with E-state index >= 15 is 0 Å². The molecule has 0 unspecified atom stereocenters. The number of ether oxygens (including phenoxy) is 5. The second-order valence-electron chi connectivity index (χ2n) is 7.54. The van der Waals surface area contributed by atoms with Crippen molar-refractivity contribution < 1.29 is 23.7 Å². The van der Waals surface area contributed by atoms with Crippen LogP contribution >= 0.6 is 0 Å². The summed E-state index contributed by atoms with van der Waals surface area (Å²) in [5, 5.41) is 0. The fraction of sp³-hybridized carbons (Fsp3) is 0.333. The van der Waals surface area contributed by atoms with Gasteiger partial charge in [-0.05, 0) is 84.3 Å². The third kappa shape index (κ3) is 5.88. The summed E-state index contributed by atoms with van der Waals surface area (Å²) in [7, 11) is 8.37. The molecule has 0 spiro atoms. The summed E-state index contributed by atoms with van der Waals surface area (Å²) in [6, 6.07) is 18.4. The predicted octanol–water partition coefficient (Wildman–Crippen LogP) is 5.30. The molecule has 5 nitrogen and oxygen atoms in total. The fourth-order valence-corrected chi connectivity index (χ4v) is 3.79. The number of aryl methyl sites for hydroxylation is 4. The molecule has 0 amide bonds. The summed E-state index contributed by atoms with van der Waals surface area (Å²) < 4.78 is 27.2. The van der Waals surface area contributed by atoms with Crippen LogP contribution in [-0.4, -0.2) is 35.5 Å². The quantitative estimate of drug-likeness (QED) is 0.408. The van der Waals surface area contributed by atoms with Crippen LogP contribution in [0.25, 0.3) is 0 Å². The van der Waals surface area contributed by atoms with Crippen LogP contribution in [0.5, 0.6) is 28.7 Å². The van der Waals surface area contributed by atoms with E-state index in [1.165, 1.54) is 16.7 Å². The molecule has 0 aromatic heterocycles. The van der Waals surface area contributed by atoms with Crippen LogP contribution in [0.2, 0.25) is 0 Å². The first-order valence-electron chi connectivity index (χ1n) is 10.7. The lowest BCUT2D eigenvalue weighted by atomic mass is 9.94. The van der Waals surface area contributed by atoms with E-state index in [-0.39, 0.29) is 0 Å². The summed E-state index contributed by atoms with van der Waals surface area (Å²) in [5.74, 6) is 3.97. The molecule has 3 aromatic carbocycles. The SMILES string of the molecule is COc1ccc(CCc2cc(OC)c(OC)cc2CCc2cc(OC)cc(OC)c2)cc1. The van der Waals surface area contributed by atoms with E-state index in [9.17, 15) is 0 Å². The second kappa shape index (κ2) is 11.3. The molecule has 170 valence electrons. The third-order valence-electron chi connectivity index (χ3n) is 5.64. The van der Waals surface area contributed by atoms with Gasteiger partial charge >= 0.3 is 0 Å². The van der Waals surface area contributed by atoms with Crippen LogP contribution in [0.3, 0.4) is 0 Å². The molecular weight excluding hydrogens is 404 g/mol. The minimum absolute atomic E-state index is 0.749. The molecule has 3 aromatic rings. The zero-order valence-corrected chi connectivity index (χ0v) is 19.6. The Bertz CT molecular complexity index is 989. The molecule has 0 aliphatic carbocycles. The van der Waals surface area contributed by atoms with E-state index in [0.717, 1.165) is 60.0 Å². The van der Waals surface area contributed by atoms with Crippen molar-refractivity contribution in [3.05, 3.63) is 76.9 Å². The van der Waals surface area contributed by atoms with E-state index in [4.69, 9.17) is 23.7 Å². The Morgan fingerprint density at radius 2 is 0.906 bits per heavy atom. The Morgan fingerprint density at radius 3 is 1.34 bits per heavy atom. The van der Waals surface area contributed by atoms with Crippen molar-refractivity contribution >= 4 is 0 Å². The van der Waals surface area contributed by atoms with Crippen LogP contribution in [-0.2, 0) is 25.7 Å². The minimum atomic E-state index is 0.749. The highest BCUT2D eigenvalue weighted by atomic mass is 16.5. The average Bonchev–Trinajstić information content (AvgIpc) is 2.85. The van der Waals surface area contributed by atoms with Crippen LogP contribution in [0.15, 0.2) is 54.6 Å². The Hall–Kier alpha value is -3.34. The van der Waals surface area contributed by atoms with Gasteiger partial charge in [0.25, 0.3) is 0 Å². The van der Waals surface area contributed by atoms with Gasteiger partial charge in [-0.25, -0.2) is 0 Å². The number of benzene rings is 3. The van der Waals surface area contributed by atoms with Crippen molar-refractivity contribution in [2.45, 2.75) is 25.7 Å². The summed E-state index contributed by atoms with van der Waals surface area (Å²) in [6.07, 6.45) is 3.57. The first kappa shape index (κ1) is 23.3. The van der Waals surface area contributed by atoms with Crippen LogP contribution in [0.4, 0.5) is 0 Å². The Balaban J connectivity index is 1.83. The zero-order chi connectivity index (χ0) is 22.9. The largest absolute Gasteiger partial charge is 0.497 e. The molecule has 0 saturated carbocycles. The lowest BCUT2D eigenvalue weighted by Gasteiger charge is -2.16. The van der Waals surface area contributed by atoms with Crippen molar-refractivity contribution in [3.8, 4) is 28.7 Å². The lowest BCUT2D eigenvalue weighted by Crippen LogP contribution is -2.03. The lowest BCUT2D eigenvalue weighted by molar-refractivity contribution is 0.354. The summed E-state index contributed by atoms with van der Waals surface area (Å²) in [4.78, 5) is 0. The van der Waals surface area contributed by atoms with Gasteiger partial charge < -0.3 is 23.7 Å². The van der Waals surface area contributed by atoms with Gasteiger partial charge in [-0.3, -0.25) is 0 Å². The summed E-state index contributed by atoms with van der Waals surface area (Å²) in [6.45, 7) is 0. The number of hydrogen-bond donors (Lipinski definition) is 0. The normalized spacial score (nSPS) is 10.5. The van der Waals surface area contributed by atoms with Crippen molar-refractivity contribution in [3.63, 3.8) is 0 Å². The van der Waals surface area contributed by atoms with E-state index < -0.39 is 0 Å². The third-order valence-corrected chi connectivity index (χ3v) is 5.64. The Morgan fingerprint density at radius 1 is 0.438 bits per heavy atom. The van der Waals surface area contributed by atoms with Crippen LogP contribution in [0, 0.1) is 0 Å². The van der Waals surface area contributed by atoms with Gasteiger partial charge in [0.05, 0.1) is 35.5 Å². The van der Waals surface area contributed by atoms with Crippen molar-refractivity contribution in [1.82, 2.24) is 0 Å². The number of rotatable bonds is 11. The van der Waals surface area contributed by atoms with Gasteiger partial charge in [0.2, 0.25) is 0 Å². The molecule has 0 heterocycles. The molecule has 0 saturated heterocycles. The Labute approximate surface area is 190 Å². The standard InChI is InChI=1S/C27H32O5/c1-28-23-12-8-19(9-13-23)6-10-21-16-26(31-4)27(32-5)17-22(21)11-7-20-14-24(29-2)18-25(15-20)30-3/h8-9,12-18H,6-7,10-11H2,1-5H3. The maximum Gasteiger partial charge on any atom is 0.161 e. The molecule has 0 bridgehead atoms. The highest BCUT2D eigenvalue weighted by molar-refractivity contribution is 5.48. The highest BCUT2D eigenvalue weighted by Crippen LogP contribution is 2.32. The van der Waals surface area contributed by atoms with Gasteiger partial charge in [-0.2, -0.15) is 0 Å². The number of hydrogen-bond acceptors (Lipinski definition) is 5.